The molecule has 0 spiro atoms. The van der Waals surface area contributed by atoms with Crippen molar-refractivity contribution in [1.29, 1.82) is 0 Å². The maximum absolute atomic E-state index is 12.7. The summed E-state index contributed by atoms with van der Waals surface area (Å²) in [6.45, 7) is 4.76. The number of amides is 2. The van der Waals surface area contributed by atoms with Gasteiger partial charge in [0.15, 0.2) is 0 Å². The Labute approximate surface area is 149 Å². The van der Waals surface area contributed by atoms with Crippen LogP contribution in [0.25, 0.3) is 0 Å². The van der Waals surface area contributed by atoms with E-state index in [4.69, 9.17) is 0 Å². The smallest absolute Gasteiger partial charge is 0.251 e. The molecule has 2 heterocycles. The van der Waals surface area contributed by atoms with Gasteiger partial charge in [0.05, 0.1) is 6.54 Å². The molecule has 0 radical (unpaired) electrons. The van der Waals surface area contributed by atoms with Gasteiger partial charge in [-0.1, -0.05) is 12.1 Å². The number of likely N-dealkylation sites (tertiary alicyclic amines) is 1. The molecule has 2 aliphatic heterocycles. The van der Waals surface area contributed by atoms with Crippen molar-refractivity contribution in [1.82, 2.24) is 20.4 Å². The van der Waals surface area contributed by atoms with Crippen molar-refractivity contribution in [2.75, 3.05) is 46.3 Å². The van der Waals surface area contributed by atoms with E-state index in [-0.39, 0.29) is 17.9 Å². The third-order valence-corrected chi connectivity index (χ3v) is 5.16. The van der Waals surface area contributed by atoms with Crippen molar-refractivity contribution in [3.05, 3.63) is 35.4 Å². The quantitative estimate of drug-likeness (QED) is 0.855. The molecule has 2 amide bonds. The van der Waals surface area contributed by atoms with Crippen LogP contribution < -0.4 is 10.6 Å². The molecule has 2 fully saturated rings. The van der Waals surface area contributed by atoms with Gasteiger partial charge in [0.1, 0.15) is 0 Å². The minimum Gasteiger partial charge on any atom is -0.355 e. The fraction of sp³-hybridized carbons (Fsp3) is 0.579. The van der Waals surface area contributed by atoms with Crippen LogP contribution in [0.3, 0.4) is 0 Å². The summed E-state index contributed by atoms with van der Waals surface area (Å²) in [6, 6.07) is 7.84. The first-order valence-electron chi connectivity index (χ1n) is 9.23. The molecule has 0 saturated carbocycles. The molecule has 1 aromatic rings. The highest BCUT2D eigenvalue weighted by Gasteiger charge is 2.28. The van der Waals surface area contributed by atoms with Gasteiger partial charge in [-0.25, -0.2) is 0 Å². The van der Waals surface area contributed by atoms with Crippen LogP contribution in [0.1, 0.15) is 41.2 Å². The Balaban J connectivity index is 1.72. The fourth-order valence-corrected chi connectivity index (χ4v) is 3.71. The maximum atomic E-state index is 12.7. The number of nitrogens with one attached hydrogen (secondary N) is 2. The molecule has 0 aromatic heterocycles. The standard InChI is InChI=1S/C19H28N4O2/c1-20-19(25)16-7-5-6-15(12-16)17-13-21-8-11-23(17)14-18(24)22-9-3-2-4-10-22/h5-7,12,17,21H,2-4,8-11,13-14H2,1H3,(H,20,25). The molecule has 25 heavy (non-hydrogen) atoms. The van der Waals surface area contributed by atoms with Crippen LogP contribution in [0.5, 0.6) is 0 Å². The average molecular weight is 344 g/mol. The lowest BCUT2D eigenvalue weighted by molar-refractivity contribution is -0.134. The number of piperazine rings is 1. The molecular weight excluding hydrogens is 316 g/mol. The SMILES string of the molecule is CNC(=O)c1cccc(C2CNCCN2CC(=O)N2CCCCC2)c1. The Hall–Kier alpha value is -1.92. The molecule has 1 atom stereocenters. The zero-order chi connectivity index (χ0) is 17.6. The van der Waals surface area contributed by atoms with Gasteiger partial charge in [-0.15, -0.1) is 0 Å². The molecule has 1 unspecified atom stereocenters. The van der Waals surface area contributed by atoms with E-state index in [1.54, 1.807) is 7.05 Å². The molecular formula is C19H28N4O2. The van der Waals surface area contributed by atoms with Crippen molar-refractivity contribution >= 4 is 11.8 Å². The summed E-state index contributed by atoms with van der Waals surface area (Å²) in [4.78, 5) is 28.8. The minimum atomic E-state index is -0.0819. The van der Waals surface area contributed by atoms with Crippen molar-refractivity contribution in [3.8, 4) is 0 Å². The van der Waals surface area contributed by atoms with E-state index in [1.165, 1.54) is 6.42 Å². The molecule has 0 aliphatic carbocycles. The second kappa shape index (κ2) is 8.45. The summed E-state index contributed by atoms with van der Waals surface area (Å²) in [7, 11) is 1.64. The largest absolute Gasteiger partial charge is 0.355 e. The first kappa shape index (κ1) is 17.9. The highest BCUT2D eigenvalue weighted by molar-refractivity contribution is 5.94. The number of hydrogen-bond donors (Lipinski definition) is 2. The number of carbonyl (C=O) groups is 2. The Morgan fingerprint density at radius 1 is 1.20 bits per heavy atom. The second-order valence-electron chi connectivity index (χ2n) is 6.84. The Morgan fingerprint density at radius 3 is 2.76 bits per heavy atom. The third-order valence-electron chi connectivity index (χ3n) is 5.16. The molecule has 3 rings (SSSR count). The zero-order valence-corrected chi connectivity index (χ0v) is 15.0. The van der Waals surface area contributed by atoms with E-state index >= 15 is 0 Å². The minimum absolute atomic E-state index is 0.0819. The van der Waals surface area contributed by atoms with Crippen LogP contribution in [-0.2, 0) is 4.79 Å². The summed E-state index contributed by atoms with van der Waals surface area (Å²) in [5.41, 5.74) is 1.74. The summed E-state index contributed by atoms with van der Waals surface area (Å²) < 4.78 is 0. The first-order valence-corrected chi connectivity index (χ1v) is 9.23. The average Bonchev–Trinajstić information content (AvgIpc) is 2.68. The lowest BCUT2D eigenvalue weighted by Crippen LogP contribution is -2.50. The van der Waals surface area contributed by atoms with Gasteiger partial charge in [0.2, 0.25) is 5.91 Å². The van der Waals surface area contributed by atoms with Gasteiger partial charge in [-0.3, -0.25) is 14.5 Å². The molecule has 2 N–H and O–H groups in total. The van der Waals surface area contributed by atoms with E-state index in [2.05, 4.69) is 15.5 Å². The van der Waals surface area contributed by atoms with Gasteiger partial charge in [0, 0.05) is 51.4 Å². The third kappa shape index (κ3) is 4.38. The number of carbonyl (C=O) groups excluding carboxylic acids is 2. The number of nitrogens with zero attached hydrogens (tertiary/aromatic N) is 2. The molecule has 2 saturated heterocycles. The fourth-order valence-electron chi connectivity index (χ4n) is 3.71. The summed E-state index contributed by atoms with van der Waals surface area (Å²) in [5.74, 6) is 0.149. The normalized spacial score (nSPS) is 21.8. The number of hydrogen-bond acceptors (Lipinski definition) is 4. The maximum Gasteiger partial charge on any atom is 0.251 e. The Bertz CT molecular complexity index is 613. The lowest BCUT2D eigenvalue weighted by Gasteiger charge is -2.38. The van der Waals surface area contributed by atoms with Crippen LogP contribution in [0.4, 0.5) is 0 Å². The predicted molar refractivity (Wildman–Crippen MR) is 97.4 cm³/mol. The lowest BCUT2D eigenvalue weighted by atomic mass is 10.0. The van der Waals surface area contributed by atoms with Gasteiger partial charge < -0.3 is 15.5 Å². The molecule has 6 heteroatoms. The van der Waals surface area contributed by atoms with Crippen molar-refractivity contribution in [2.45, 2.75) is 25.3 Å². The van der Waals surface area contributed by atoms with Crippen LogP contribution in [0.2, 0.25) is 0 Å². The summed E-state index contributed by atoms with van der Waals surface area (Å²) >= 11 is 0. The Kier molecular flexibility index (Phi) is 6.04. The summed E-state index contributed by atoms with van der Waals surface area (Å²) in [5, 5.41) is 6.08. The highest BCUT2D eigenvalue weighted by Crippen LogP contribution is 2.23. The zero-order valence-electron chi connectivity index (χ0n) is 15.0. The molecule has 6 nitrogen and oxygen atoms in total. The molecule has 0 bridgehead atoms. The van der Waals surface area contributed by atoms with E-state index in [1.807, 2.05) is 29.2 Å². The number of benzene rings is 1. The first-order chi connectivity index (χ1) is 12.2. The predicted octanol–water partition coefficient (Wildman–Crippen LogP) is 1.01. The van der Waals surface area contributed by atoms with Crippen molar-refractivity contribution in [2.24, 2.45) is 0 Å². The van der Waals surface area contributed by atoms with Crippen LogP contribution >= 0.6 is 0 Å². The molecule has 2 aliphatic rings. The molecule has 136 valence electrons. The number of piperidine rings is 1. The van der Waals surface area contributed by atoms with E-state index in [0.717, 1.165) is 51.1 Å². The van der Waals surface area contributed by atoms with Crippen molar-refractivity contribution in [3.63, 3.8) is 0 Å². The van der Waals surface area contributed by atoms with E-state index < -0.39 is 0 Å². The summed E-state index contributed by atoms with van der Waals surface area (Å²) in [6.07, 6.45) is 3.46. The topological polar surface area (TPSA) is 64.7 Å². The second-order valence-corrected chi connectivity index (χ2v) is 6.84. The van der Waals surface area contributed by atoms with Gasteiger partial charge >= 0.3 is 0 Å². The number of rotatable bonds is 4. The monoisotopic (exact) mass is 344 g/mol. The van der Waals surface area contributed by atoms with Crippen LogP contribution in [0.15, 0.2) is 24.3 Å². The van der Waals surface area contributed by atoms with Crippen LogP contribution in [-0.4, -0.2) is 67.9 Å². The van der Waals surface area contributed by atoms with Gasteiger partial charge in [-0.05, 0) is 37.0 Å². The Morgan fingerprint density at radius 2 is 2.00 bits per heavy atom. The van der Waals surface area contributed by atoms with E-state index in [9.17, 15) is 9.59 Å². The van der Waals surface area contributed by atoms with Crippen molar-refractivity contribution < 1.29 is 9.59 Å². The van der Waals surface area contributed by atoms with Gasteiger partial charge in [0.25, 0.3) is 5.91 Å². The van der Waals surface area contributed by atoms with E-state index in [0.29, 0.717) is 12.1 Å². The van der Waals surface area contributed by atoms with Crippen LogP contribution in [0, 0.1) is 0 Å². The highest BCUT2D eigenvalue weighted by atomic mass is 16.2. The van der Waals surface area contributed by atoms with Gasteiger partial charge in [-0.2, -0.15) is 0 Å². The molecule has 1 aromatic carbocycles.